The molecule has 1 heterocycles. The smallest absolute Gasteiger partial charge is 0.156 e. The predicted octanol–water partition coefficient (Wildman–Crippen LogP) is 4.99. The molecule has 1 aliphatic carbocycles. The molecule has 0 aromatic heterocycles. The predicted molar refractivity (Wildman–Crippen MR) is 91.6 cm³/mol. The van der Waals surface area contributed by atoms with Crippen molar-refractivity contribution in [2.75, 3.05) is 12.3 Å². The van der Waals surface area contributed by atoms with E-state index in [1.807, 2.05) is 11.8 Å². The first-order valence-corrected chi connectivity index (χ1v) is 9.70. The highest BCUT2D eigenvalue weighted by molar-refractivity contribution is 8.13. The maximum Gasteiger partial charge on any atom is 0.156 e. The minimum Gasteiger partial charge on any atom is -0.362 e. The monoisotopic (exact) mass is 296 g/mol. The molecule has 1 spiro atoms. The molecule has 2 nitrogen and oxygen atoms in total. The Morgan fingerprint density at radius 3 is 2.55 bits per heavy atom. The molecule has 1 aliphatic heterocycles. The van der Waals surface area contributed by atoms with Crippen LogP contribution in [0.15, 0.2) is 4.99 Å². The van der Waals surface area contributed by atoms with Gasteiger partial charge in [0.25, 0.3) is 0 Å². The summed E-state index contributed by atoms with van der Waals surface area (Å²) in [5, 5.41) is 4.96. The summed E-state index contributed by atoms with van der Waals surface area (Å²) >= 11 is 2.00. The van der Waals surface area contributed by atoms with Gasteiger partial charge < -0.3 is 5.32 Å². The fourth-order valence-corrected chi connectivity index (χ4v) is 4.73. The Kier molecular flexibility index (Phi) is 6.73. The molecule has 0 radical (unpaired) electrons. The molecule has 0 saturated heterocycles. The van der Waals surface area contributed by atoms with E-state index in [1.54, 1.807) is 0 Å². The quantitative estimate of drug-likeness (QED) is 0.747. The van der Waals surface area contributed by atoms with Gasteiger partial charge in [0.15, 0.2) is 5.17 Å². The number of hydrogen-bond acceptors (Lipinski definition) is 3. The molecule has 1 atom stereocenters. The normalized spacial score (nSPS) is 23.4. The molecule has 1 N–H and O–H groups in total. The first-order chi connectivity index (χ1) is 9.78. The highest BCUT2D eigenvalue weighted by Gasteiger charge is 2.35. The largest absolute Gasteiger partial charge is 0.362 e. The first-order valence-electron chi connectivity index (χ1n) is 8.72. The number of hydrogen-bond donors (Lipinski definition) is 1. The zero-order valence-electron chi connectivity index (χ0n) is 13.4. The molecule has 0 aromatic carbocycles. The van der Waals surface area contributed by atoms with Gasteiger partial charge in [0.2, 0.25) is 0 Å². The van der Waals surface area contributed by atoms with Gasteiger partial charge in [-0.3, -0.25) is 4.99 Å². The minimum atomic E-state index is 0.553. The van der Waals surface area contributed by atoms with Gasteiger partial charge in [-0.1, -0.05) is 64.1 Å². The van der Waals surface area contributed by atoms with Crippen molar-refractivity contribution in [1.82, 2.24) is 5.32 Å². The van der Waals surface area contributed by atoms with Crippen LogP contribution < -0.4 is 5.32 Å². The van der Waals surface area contributed by atoms with Gasteiger partial charge >= 0.3 is 0 Å². The Bertz CT molecular complexity index is 308. The Morgan fingerprint density at radius 1 is 1.15 bits per heavy atom. The molecule has 2 aliphatic rings. The van der Waals surface area contributed by atoms with Crippen molar-refractivity contribution in [1.29, 1.82) is 0 Å². The SMILES string of the molecule is CCCCC(CCC)NC1=NCC2(CCCCC2)CS1. The Hall–Kier alpha value is -0.180. The van der Waals surface area contributed by atoms with E-state index >= 15 is 0 Å². The van der Waals surface area contributed by atoms with E-state index in [-0.39, 0.29) is 0 Å². The third kappa shape index (κ3) is 4.68. The van der Waals surface area contributed by atoms with Crippen molar-refractivity contribution < 1.29 is 0 Å². The van der Waals surface area contributed by atoms with Crippen molar-refractivity contribution in [2.45, 2.75) is 84.1 Å². The third-order valence-electron chi connectivity index (χ3n) is 4.86. The zero-order chi connectivity index (χ0) is 14.3. The van der Waals surface area contributed by atoms with Crippen molar-refractivity contribution in [2.24, 2.45) is 10.4 Å². The van der Waals surface area contributed by atoms with Gasteiger partial charge in [0.1, 0.15) is 0 Å². The third-order valence-corrected chi connectivity index (χ3v) is 6.14. The minimum absolute atomic E-state index is 0.553. The second-order valence-electron chi connectivity index (χ2n) is 6.74. The molecule has 3 heteroatoms. The van der Waals surface area contributed by atoms with Crippen LogP contribution in [0.2, 0.25) is 0 Å². The van der Waals surface area contributed by atoms with Crippen LogP contribution in [0.5, 0.6) is 0 Å². The lowest BCUT2D eigenvalue weighted by molar-refractivity contribution is 0.232. The number of rotatable bonds is 6. The molecule has 0 aromatic rings. The van der Waals surface area contributed by atoms with Crippen LogP contribution >= 0.6 is 11.8 Å². The maximum atomic E-state index is 4.91. The van der Waals surface area contributed by atoms with Gasteiger partial charge in [-0.25, -0.2) is 0 Å². The first kappa shape index (κ1) is 16.2. The summed E-state index contributed by atoms with van der Waals surface area (Å²) in [6.07, 6.45) is 13.6. The fraction of sp³-hybridized carbons (Fsp3) is 0.941. The highest BCUT2D eigenvalue weighted by atomic mass is 32.2. The van der Waals surface area contributed by atoms with E-state index in [9.17, 15) is 0 Å². The highest BCUT2D eigenvalue weighted by Crippen LogP contribution is 2.41. The summed E-state index contributed by atoms with van der Waals surface area (Å²) in [4.78, 5) is 4.91. The number of nitrogens with one attached hydrogen (secondary N) is 1. The van der Waals surface area contributed by atoms with E-state index in [0.717, 1.165) is 6.54 Å². The molecule has 1 saturated carbocycles. The molecule has 2 rings (SSSR count). The van der Waals surface area contributed by atoms with Crippen LogP contribution in [-0.4, -0.2) is 23.5 Å². The van der Waals surface area contributed by atoms with Crippen LogP contribution in [0.3, 0.4) is 0 Å². The van der Waals surface area contributed by atoms with Crippen LogP contribution in [0.25, 0.3) is 0 Å². The van der Waals surface area contributed by atoms with Crippen LogP contribution in [0, 0.1) is 5.41 Å². The van der Waals surface area contributed by atoms with E-state index in [1.165, 1.54) is 75.1 Å². The van der Waals surface area contributed by atoms with E-state index in [4.69, 9.17) is 4.99 Å². The maximum absolute atomic E-state index is 4.91. The Balaban J connectivity index is 1.83. The number of nitrogens with zero attached hydrogens (tertiary/aromatic N) is 1. The molecule has 1 fully saturated rings. The van der Waals surface area contributed by atoms with Gasteiger partial charge in [0, 0.05) is 18.3 Å². The molecular weight excluding hydrogens is 264 g/mol. The van der Waals surface area contributed by atoms with Crippen molar-refractivity contribution in [3.05, 3.63) is 0 Å². The zero-order valence-corrected chi connectivity index (χ0v) is 14.2. The second-order valence-corrected chi connectivity index (χ2v) is 7.71. The van der Waals surface area contributed by atoms with Gasteiger partial charge in [0.05, 0.1) is 0 Å². The lowest BCUT2D eigenvalue weighted by Gasteiger charge is -2.39. The summed E-state index contributed by atoms with van der Waals surface area (Å²) in [5.74, 6) is 1.30. The lowest BCUT2D eigenvalue weighted by atomic mass is 9.75. The molecule has 0 bridgehead atoms. The van der Waals surface area contributed by atoms with Crippen molar-refractivity contribution >= 4 is 16.9 Å². The summed E-state index contributed by atoms with van der Waals surface area (Å²) < 4.78 is 0. The van der Waals surface area contributed by atoms with E-state index in [0.29, 0.717) is 11.5 Å². The Labute approximate surface area is 129 Å². The number of amidine groups is 1. The summed E-state index contributed by atoms with van der Waals surface area (Å²) in [6.45, 7) is 5.64. The summed E-state index contributed by atoms with van der Waals surface area (Å²) in [6, 6.07) is 0.645. The number of unbranched alkanes of at least 4 members (excludes halogenated alkanes) is 1. The number of thioether (sulfide) groups is 1. The standard InChI is InChI=1S/C17H32N2S/c1-3-5-10-15(9-4-2)19-16-18-13-17(14-20-16)11-7-6-8-12-17/h15H,3-14H2,1-2H3,(H,18,19). The van der Waals surface area contributed by atoms with Crippen molar-refractivity contribution in [3.63, 3.8) is 0 Å². The average molecular weight is 297 g/mol. The molecular formula is C17H32N2S. The number of aliphatic imine (C=N–C) groups is 1. The average Bonchev–Trinajstić information content (AvgIpc) is 2.48. The van der Waals surface area contributed by atoms with Crippen LogP contribution in [-0.2, 0) is 0 Å². The Morgan fingerprint density at radius 2 is 1.95 bits per heavy atom. The topological polar surface area (TPSA) is 24.4 Å². The molecule has 1 unspecified atom stereocenters. The van der Waals surface area contributed by atoms with E-state index < -0.39 is 0 Å². The fourth-order valence-electron chi connectivity index (χ4n) is 3.51. The molecule has 20 heavy (non-hydrogen) atoms. The van der Waals surface area contributed by atoms with Gasteiger partial charge in [-0.05, 0) is 31.1 Å². The molecule has 116 valence electrons. The molecule has 0 amide bonds. The van der Waals surface area contributed by atoms with E-state index in [2.05, 4.69) is 19.2 Å². The van der Waals surface area contributed by atoms with Gasteiger partial charge in [-0.2, -0.15) is 0 Å². The summed E-state index contributed by atoms with van der Waals surface area (Å²) in [5.41, 5.74) is 0.553. The summed E-state index contributed by atoms with van der Waals surface area (Å²) in [7, 11) is 0. The van der Waals surface area contributed by atoms with Crippen LogP contribution in [0.4, 0.5) is 0 Å². The second kappa shape index (κ2) is 8.31. The van der Waals surface area contributed by atoms with Crippen molar-refractivity contribution in [3.8, 4) is 0 Å². The van der Waals surface area contributed by atoms with Crippen LogP contribution in [0.1, 0.15) is 78.1 Å². The lowest BCUT2D eigenvalue weighted by Crippen LogP contribution is -2.40. The van der Waals surface area contributed by atoms with Gasteiger partial charge in [-0.15, -0.1) is 0 Å².